The molecule has 29 heavy (non-hydrogen) atoms. The lowest BCUT2D eigenvalue weighted by Crippen LogP contribution is -2.44. The maximum absolute atomic E-state index is 13.4. The van der Waals surface area contributed by atoms with Gasteiger partial charge in [-0.1, -0.05) is 51.1 Å². The number of aromatic hydroxyl groups is 1. The summed E-state index contributed by atoms with van der Waals surface area (Å²) in [6, 6.07) is 14.8. The van der Waals surface area contributed by atoms with Crippen LogP contribution in [-0.4, -0.2) is 16.8 Å². The number of anilines is 1. The van der Waals surface area contributed by atoms with E-state index < -0.39 is 0 Å². The Morgan fingerprint density at radius 3 is 2.41 bits per heavy atom. The number of carbonyl (C=O) groups excluding carboxylic acids is 2. The minimum atomic E-state index is -0.258. The summed E-state index contributed by atoms with van der Waals surface area (Å²) in [5.41, 5.74) is 4.32. The number of benzene rings is 2. The summed E-state index contributed by atoms with van der Waals surface area (Å²) in [5.74, 6) is 0.0699. The van der Waals surface area contributed by atoms with Gasteiger partial charge in [0.15, 0.2) is 5.78 Å². The lowest BCUT2D eigenvalue weighted by molar-refractivity contribution is -0.121. The number of aryl methyl sites for hydroxylation is 1. The molecule has 4 heteroatoms. The zero-order chi connectivity index (χ0) is 20.8. The fourth-order valence-corrected chi connectivity index (χ4v) is 4.71. The first-order valence-corrected chi connectivity index (χ1v) is 10.3. The first-order valence-electron chi connectivity index (χ1n) is 10.3. The summed E-state index contributed by atoms with van der Waals surface area (Å²) in [7, 11) is 0. The number of phenolic OH excluding ortho intramolecular Hbond substituents is 1. The van der Waals surface area contributed by atoms with Gasteiger partial charge in [-0.15, -0.1) is 0 Å². The van der Waals surface area contributed by atoms with Gasteiger partial charge >= 0.3 is 0 Å². The predicted molar refractivity (Wildman–Crippen MR) is 114 cm³/mol. The van der Waals surface area contributed by atoms with E-state index >= 15 is 0 Å². The van der Waals surface area contributed by atoms with E-state index in [1.807, 2.05) is 41.3 Å². The zero-order valence-corrected chi connectivity index (χ0v) is 17.2. The van der Waals surface area contributed by atoms with E-state index in [0.29, 0.717) is 12.8 Å². The summed E-state index contributed by atoms with van der Waals surface area (Å²) in [5, 5.41) is 9.65. The number of carbonyl (C=O) groups is 2. The molecule has 0 radical (unpaired) electrons. The molecule has 1 aliphatic carbocycles. The molecule has 0 spiro atoms. The number of nitrogens with zero attached hydrogens (tertiary/aromatic N) is 1. The van der Waals surface area contributed by atoms with Gasteiger partial charge < -0.3 is 5.11 Å². The predicted octanol–water partition coefficient (Wildman–Crippen LogP) is 5.12. The summed E-state index contributed by atoms with van der Waals surface area (Å²) in [4.78, 5) is 28.5. The molecule has 1 atom stereocenters. The van der Waals surface area contributed by atoms with Crippen molar-refractivity contribution in [3.8, 4) is 5.75 Å². The average Bonchev–Trinajstić information content (AvgIpc) is 2.67. The molecule has 150 valence electrons. The highest BCUT2D eigenvalue weighted by Crippen LogP contribution is 2.48. The lowest BCUT2D eigenvalue weighted by atomic mass is 9.69. The molecule has 1 unspecified atom stereocenters. The molecule has 0 saturated carbocycles. The average molecular weight is 389 g/mol. The second-order valence-corrected chi connectivity index (χ2v) is 8.86. The third-order valence-corrected chi connectivity index (χ3v) is 6.05. The number of Topliss-reactive ketones (excluding diaryl/α,β-unsaturated/α-hetero) is 1. The zero-order valence-electron chi connectivity index (χ0n) is 17.2. The normalized spacial score (nSPS) is 21.3. The number of hydrogen-bond donors (Lipinski definition) is 1. The van der Waals surface area contributed by atoms with Crippen molar-refractivity contribution in [3.05, 3.63) is 70.9 Å². The number of phenols is 1. The van der Waals surface area contributed by atoms with Crippen LogP contribution in [0.4, 0.5) is 5.69 Å². The van der Waals surface area contributed by atoms with Crippen molar-refractivity contribution in [1.82, 2.24) is 0 Å². The number of rotatable bonds is 3. The Morgan fingerprint density at radius 2 is 1.72 bits per heavy atom. The molecular weight excluding hydrogens is 362 g/mol. The second-order valence-electron chi connectivity index (χ2n) is 8.86. The molecule has 2 aliphatic rings. The monoisotopic (exact) mass is 389 g/mol. The number of hydrogen-bond acceptors (Lipinski definition) is 3. The van der Waals surface area contributed by atoms with Crippen LogP contribution >= 0.6 is 0 Å². The van der Waals surface area contributed by atoms with Crippen LogP contribution in [0.2, 0.25) is 0 Å². The Kier molecular flexibility index (Phi) is 4.81. The Balaban J connectivity index is 1.91. The fraction of sp³-hybridized carbons (Fsp3) is 0.360. The largest absolute Gasteiger partial charge is 0.508 e. The van der Waals surface area contributed by atoms with Crippen molar-refractivity contribution in [2.45, 2.75) is 52.4 Å². The molecule has 0 bridgehead atoms. The SMILES string of the molecule is CCc1ccccc1N1C(=O)CC(c2ccc(O)cc2)C2=C1CC(C)(C)CC2=O. The third-order valence-electron chi connectivity index (χ3n) is 6.05. The Morgan fingerprint density at radius 1 is 1.03 bits per heavy atom. The highest BCUT2D eigenvalue weighted by atomic mass is 16.3. The highest BCUT2D eigenvalue weighted by molar-refractivity contribution is 6.08. The van der Waals surface area contributed by atoms with Crippen LogP contribution in [0.15, 0.2) is 59.8 Å². The Hall–Kier alpha value is -2.88. The third kappa shape index (κ3) is 3.48. The van der Waals surface area contributed by atoms with Crippen LogP contribution in [-0.2, 0) is 16.0 Å². The van der Waals surface area contributed by atoms with E-state index in [1.54, 1.807) is 12.1 Å². The lowest BCUT2D eigenvalue weighted by Gasteiger charge is -2.43. The molecule has 0 saturated heterocycles. The van der Waals surface area contributed by atoms with E-state index in [0.717, 1.165) is 34.5 Å². The summed E-state index contributed by atoms with van der Waals surface area (Å²) in [6.07, 6.45) is 2.25. The Labute approximate surface area is 171 Å². The van der Waals surface area contributed by atoms with E-state index in [4.69, 9.17) is 0 Å². The van der Waals surface area contributed by atoms with Crippen LogP contribution in [0.3, 0.4) is 0 Å². The van der Waals surface area contributed by atoms with E-state index in [9.17, 15) is 14.7 Å². The van der Waals surface area contributed by atoms with Gasteiger partial charge in [0.2, 0.25) is 5.91 Å². The molecule has 4 rings (SSSR count). The van der Waals surface area contributed by atoms with Gasteiger partial charge in [-0.05, 0) is 47.6 Å². The minimum Gasteiger partial charge on any atom is -0.508 e. The van der Waals surface area contributed by atoms with Crippen LogP contribution in [0.25, 0.3) is 0 Å². The van der Waals surface area contributed by atoms with Gasteiger partial charge in [0.05, 0.1) is 5.69 Å². The molecule has 4 nitrogen and oxygen atoms in total. The number of ketones is 1. The van der Waals surface area contributed by atoms with Crippen molar-refractivity contribution < 1.29 is 14.7 Å². The van der Waals surface area contributed by atoms with Gasteiger partial charge in [-0.3, -0.25) is 14.5 Å². The summed E-state index contributed by atoms with van der Waals surface area (Å²) < 4.78 is 0. The standard InChI is InChI=1S/C25H27NO3/c1-4-16-7-5-6-8-20(16)26-21-14-25(2,3)15-22(28)24(21)19(13-23(26)29)17-9-11-18(27)12-10-17/h5-12,19,27H,4,13-15H2,1-3H3. The quantitative estimate of drug-likeness (QED) is 0.793. The topological polar surface area (TPSA) is 57.6 Å². The van der Waals surface area contributed by atoms with Crippen LogP contribution in [0, 0.1) is 5.41 Å². The summed E-state index contributed by atoms with van der Waals surface area (Å²) >= 11 is 0. The van der Waals surface area contributed by atoms with Crippen LogP contribution in [0.1, 0.15) is 57.1 Å². The van der Waals surface area contributed by atoms with E-state index in [2.05, 4.69) is 20.8 Å². The first kappa shape index (κ1) is 19.4. The molecule has 0 aromatic heterocycles. The van der Waals surface area contributed by atoms with E-state index in [1.165, 1.54) is 0 Å². The molecule has 2 aromatic carbocycles. The Bertz CT molecular complexity index is 1000. The van der Waals surface area contributed by atoms with Gasteiger partial charge in [0, 0.05) is 30.0 Å². The second kappa shape index (κ2) is 7.18. The first-order chi connectivity index (χ1) is 13.8. The van der Waals surface area contributed by atoms with Crippen molar-refractivity contribution in [1.29, 1.82) is 0 Å². The summed E-state index contributed by atoms with van der Waals surface area (Å²) in [6.45, 7) is 6.26. The van der Waals surface area contributed by atoms with Crippen molar-refractivity contribution in [3.63, 3.8) is 0 Å². The van der Waals surface area contributed by atoms with Crippen LogP contribution in [0.5, 0.6) is 5.75 Å². The van der Waals surface area contributed by atoms with E-state index in [-0.39, 0.29) is 35.2 Å². The van der Waals surface area contributed by atoms with Crippen molar-refractivity contribution in [2.24, 2.45) is 5.41 Å². The van der Waals surface area contributed by atoms with Gasteiger partial charge in [-0.2, -0.15) is 0 Å². The van der Waals surface area contributed by atoms with Gasteiger partial charge in [0.1, 0.15) is 5.75 Å². The molecular formula is C25H27NO3. The molecule has 2 aromatic rings. The molecule has 1 N–H and O–H groups in total. The van der Waals surface area contributed by atoms with Crippen LogP contribution < -0.4 is 4.90 Å². The molecule has 1 heterocycles. The number of para-hydroxylation sites is 1. The van der Waals surface area contributed by atoms with Crippen molar-refractivity contribution >= 4 is 17.4 Å². The maximum atomic E-state index is 13.4. The molecule has 1 aliphatic heterocycles. The maximum Gasteiger partial charge on any atom is 0.232 e. The van der Waals surface area contributed by atoms with Gasteiger partial charge in [0.25, 0.3) is 0 Å². The van der Waals surface area contributed by atoms with Crippen molar-refractivity contribution in [2.75, 3.05) is 4.90 Å². The number of amides is 1. The number of allylic oxidation sites excluding steroid dienone is 2. The highest BCUT2D eigenvalue weighted by Gasteiger charge is 2.44. The minimum absolute atomic E-state index is 0.0215. The molecule has 1 amide bonds. The van der Waals surface area contributed by atoms with Gasteiger partial charge in [-0.25, -0.2) is 0 Å². The fourth-order valence-electron chi connectivity index (χ4n) is 4.71. The smallest absolute Gasteiger partial charge is 0.232 e. The molecule has 0 fully saturated rings.